The number of aryl methyl sites for hydroxylation is 3. The Morgan fingerprint density at radius 2 is 1.81 bits per heavy atom. The molecule has 2 aromatic heterocycles. The van der Waals surface area contributed by atoms with Gasteiger partial charge in [0.15, 0.2) is 0 Å². The van der Waals surface area contributed by atoms with Crippen molar-refractivity contribution in [2.24, 2.45) is 0 Å². The minimum absolute atomic E-state index is 0.900. The molecule has 0 saturated heterocycles. The third-order valence-electron chi connectivity index (χ3n) is 4.64. The Morgan fingerprint density at radius 1 is 0.962 bits per heavy atom. The molecular formula is C23H28N2S. The first kappa shape index (κ1) is 18.8. The summed E-state index contributed by atoms with van der Waals surface area (Å²) in [6.07, 6.45) is 1.15. The van der Waals surface area contributed by atoms with E-state index in [9.17, 15) is 0 Å². The molecule has 26 heavy (non-hydrogen) atoms. The molecule has 0 fully saturated rings. The van der Waals surface area contributed by atoms with Crippen LogP contribution in [0, 0.1) is 20.8 Å². The summed E-state index contributed by atoms with van der Waals surface area (Å²) in [6.45, 7) is 11.6. The monoisotopic (exact) mass is 364 g/mol. The van der Waals surface area contributed by atoms with E-state index in [1.807, 2.05) is 11.3 Å². The predicted octanol–water partition coefficient (Wildman–Crippen LogP) is 6.15. The number of benzene rings is 1. The molecule has 0 aliphatic carbocycles. The first-order valence-corrected chi connectivity index (χ1v) is 10.2. The zero-order valence-corrected chi connectivity index (χ0v) is 17.1. The summed E-state index contributed by atoms with van der Waals surface area (Å²) in [5.41, 5.74) is 6.34. The van der Waals surface area contributed by atoms with E-state index in [1.165, 1.54) is 26.4 Å². The third-order valence-corrected chi connectivity index (χ3v) is 5.69. The van der Waals surface area contributed by atoms with Crippen molar-refractivity contribution in [1.82, 2.24) is 9.88 Å². The molecule has 0 spiro atoms. The van der Waals surface area contributed by atoms with Gasteiger partial charge in [0, 0.05) is 28.5 Å². The zero-order chi connectivity index (χ0) is 18.5. The van der Waals surface area contributed by atoms with Crippen molar-refractivity contribution >= 4 is 11.3 Å². The predicted molar refractivity (Wildman–Crippen MR) is 113 cm³/mol. The molecule has 136 valence electrons. The Bertz CT molecular complexity index is 866. The molecule has 0 N–H and O–H groups in total. The maximum absolute atomic E-state index is 4.69. The fourth-order valence-corrected chi connectivity index (χ4v) is 4.14. The van der Waals surface area contributed by atoms with E-state index < -0.39 is 0 Å². The van der Waals surface area contributed by atoms with E-state index in [4.69, 9.17) is 0 Å². The molecule has 0 unspecified atom stereocenters. The molecule has 3 rings (SSSR count). The van der Waals surface area contributed by atoms with E-state index in [2.05, 4.69) is 86.1 Å². The summed E-state index contributed by atoms with van der Waals surface area (Å²) in [5, 5.41) is 0. The average Bonchev–Trinajstić information content (AvgIpc) is 3.03. The Hall–Kier alpha value is -1.97. The zero-order valence-electron chi connectivity index (χ0n) is 16.2. The van der Waals surface area contributed by atoms with Gasteiger partial charge in [-0.05, 0) is 80.8 Å². The van der Waals surface area contributed by atoms with Gasteiger partial charge in [0.05, 0.1) is 5.69 Å². The highest BCUT2D eigenvalue weighted by Crippen LogP contribution is 2.29. The Kier molecular flexibility index (Phi) is 6.23. The topological polar surface area (TPSA) is 16.1 Å². The molecule has 2 nitrogen and oxygen atoms in total. The lowest BCUT2D eigenvalue weighted by atomic mass is 10.0. The SMILES string of the molecule is CCCN(Cc1cccc(C)n1)Cc1cc(-c2ccc(C)s2)ccc1C. The maximum atomic E-state index is 4.69. The summed E-state index contributed by atoms with van der Waals surface area (Å²) in [4.78, 5) is 9.91. The summed E-state index contributed by atoms with van der Waals surface area (Å²) >= 11 is 1.87. The highest BCUT2D eigenvalue weighted by molar-refractivity contribution is 7.15. The Balaban J connectivity index is 1.81. The van der Waals surface area contributed by atoms with E-state index >= 15 is 0 Å². The Morgan fingerprint density at radius 3 is 2.50 bits per heavy atom. The van der Waals surface area contributed by atoms with E-state index in [-0.39, 0.29) is 0 Å². The van der Waals surface area contributed by atoms with Gasteiger partial charge in [-0.3, -0.25) is 9.88 Å². The van der Waals surface area contributed by atoms with Crippen LogP contribution in [-0.2, 0) is 13.1 Å². The van der Waals surface area contributed by atoms with Crippen molar-refractivity contribution in [2.45, 2.75) is 47.2 Å². The molecule has 0 saturated carbocycles. The minimum atomic E-state index is 0.900. The van der Waals surface area contributed by atoms with Gasteiger partial charge in [-0.2, -0.15) is 0 Å². The van der Waals surface area contributed by atoms with Crippen LogP contribution in [0.3, 0.4) is 0 Å². The lowest BCUT2D eigenvalue weighted by molar-refractivity contribution is 0.253. The first-order valence-electron chi connectivity index (χ1n) is 9.36. The molecule has 0 bridgehead atoms. The first-order chi connectivity index (χ1) is 12.5. The second-order valence-corrected chi connectivity index (χ2v) is 8.32. The van der Waals surface area contributed by atoms with Crippen molar-refractivity contribution in [1.29, 1.82) is 0 Å². The highest BCUT2D eigenvalue weighted by atomic mass is 32.1. The fraction of sp³-hybridized carbons (Fsp3) is 0.348. The van der Waals surface area contributed by atoms with Gasteiger partial charge >= 0.3 is 0 Å². The molecule has 0 aliphatic rings. The lowest BCUT2D eigenvalue weighted by Crippen LogP contribution is -2.24. The highest BCUT2D eigenvalue weighted by Gasteiger charge is 2.11. The normalized spacial score (nSPS) is 11.3. The third kappa shape index (κ3) is 4.80. The van der Waals surface area contributed by atoms with Gasteiger partial charge in [0.2, 0.25) is 0 Å². The summed E-state index contributed by atoms with van der Waals surface area (Å²) in [7, 11) is 0. The van der Waals surface area contributed by atoms with Crippen LogP contribution in [0.15, 0.2) is 48.5 Å². The van der Waals surface area contributed by atoms with Crippen LogP contribution in [0.25, 0.3) is 10.4 Å². The van der Waals surface area contributed by atoms with Gasteiger partial charge in [-0.15, -0.1) is 11.3 Å². The van der Waals surface area contributed by atoms with Gasteiger partial charge < -0.3 is 0 Å². The molecule has 0 radical (unpaired) electrons. The number of nitrogens with zero attached hydrogens (tertiary/aromatic N) is 2. The van der Waals surface area contributed by atoms with Crippen molar-refractivity contribution in [3.63, 3.8) is 0 Å². The summed E-state index contributed by atoms with van der Waals surface area (Å²) < 4.78 is 0. The molecular weight excluding hydrogens is 336 g/mol. The van der Waals surface area contributed by atoms with Crippen LogP contribution in [0.1, 0.15) is 40.7 Å². The largest absolute Gasteiger partial charge is 0.293 e. The maximum Gasteiger partial charge on any atom is 0.0547 e. The van der Waals surface area contributed by atoms with E-state index in [0.29, 0.717) is 0 Å². The van der Waals surface area contributed by atoms with Crippen molar-refractivity contribution in [3.8, 4) is 10.4 Å². The molecule has 0 amide bonds. The molecule has 0 aliphatic heterocycles. The summed E-state index contributed by atoms with van der Waals surface area (Å²) in [5.74, 6) is 0. The quantitative estimate of drug-likeness (QED) is 0.500. The van der Waals surface area contributed by atoms with E-state index in [1.54, 1.807) is 0 Å². The fourth-order valence-electron chi connectivity index (χ4n) is 3.27. The van der Waals surface area contributed by atoms with Crippen molar-refractivity contribution < 1.29 is 0 Å². The van der Waals surface area contributed by atoms with Gasteiger partial charge in [0.1, 0.15) is 0 Å². The number of aromatic nitrogens is 1. The second kappa shape index (κ2) is 8.61. The van der Waals surface area contributed by atoms with E-state index in [0.717, 1.165) is 37.4 Å². The summed E-state index contributed by atoms with van der Waals surface area (Å²) in [6, 6.07) is 17.6. The van der Waals surface area contributed by atoms with Gasteiger partial charge in [0.25, 0.3) is 0 Å². The van der Waals surface area contributed by atoms with Crippen molar-refractivity contribution in [2.75, 3.05) is 6.54 Å². The molecule has 0 atom stereocenters. The molecule has 2 heterocycles. The van der Waals surface area contributed by atoms with Crippen LogP contribution in [-0.4, -0.2) is 16.4 Å². The van der Waals surface area contributed by atoms with Gasteiger partial charge in [-0.1, -0.05) is 25.1 Å². The number of thiophene rings is 1. The smallest absolute Gasteiger partial charge is 0.0547 e. The molecule has 1 aromatic carbocycles. The van der Waals surface area contributed by atoms with Gasteiger partial charge in [-0.25, -0.2) is 0 Å². The lowest BCUT2D eigenvalue weighted by Gasteiger charge is -2.23. The Labute approximate surface area is 161 Å². The number of hydrogen-bond acceptors (Lipinski definition) is 3. The minimum Gasteiger partial charge on any atom is -0.293 e. The van der Waals surface area contributed by atoms with Crippen LogP contribution in [0.5, 0.6) is 0 Å². The number of pyridine rings is 1. The van der Waals surface area contributed by atoms with Crippen LogP contribution < -0.4 is 0 Å². The number of hydrogen-bond donors (Lipinski definition) is 0. The standard InChI is InChI=1S/C23H28N2S/c1-5-13-25(16-22-8-6-7-18(3)24-22)15-21-14-20(11-9-17(21)2)23-12-10-19(4)26-23/h6-12,14H,5,13,15-16H2,1-4H3. The van der Waals surface area contributed by atoms with Crippen LogP contribution in [0.4, 0.5) is 0 Å². The number of rotatable bonds is 7. The average molecular weight is 365 g/mol. The van der Waals surface area contributed by atoms with Crippen LogP contribution >= 0.6 is 11.3 Å². The molecule has 3 heteroatoms. The second-order valence-electron chi connectivity index (χ2n) is 7.03. The van der Waals surface area contributed by atoms with Crippen LogP contribution in [0.2, 0.25) is 0 Å². The molecule has 3 aromatic rings. The van der Waals surface area contributed by atoms with Crippen molar-refractivity contribution in [3.05, 3.63) is 75.9 Å².